The lowest BCUT2D eigenvalue weighted by molar-refractivity contribution is -0.117. The minimum Gasteiger partial charge on any atom is -0.300 e. The Bertz CT molecular complexity index is 519. The molecule has 2 heteroatoms. The largest absolute Gasteiger partial charge is 0.300 e. The number of Topliss-reactive ketones (excluding diaryl/α,β-unsaturated/α-hetero) is 1. The van der Waals surface area contributed by atoms with E-state index in [1.807, 2.05) is 30.5 Å². The number of aromatic nitrogens is 1. The van der Waals surface area contributed by atoms with Crippen molar-refractivity contribution in [2.24, 2.45) is 0 Å². The summed E-state index contributed by atoms with van der Waals surface area (Å²) in [5.41, 5.74) is 2.13. The number of carbonyl (C=O) groups is 1. The molecular formula is C14H15NO. The van der Waals surface area contributed by atoms with Crippen molar-refractivity contribution in [1.29, 1.82) is 0 Å². The van der Waals surface area contributed by atoms with Gasteiger partial charge in [-0.1, -0.05) is 25.1 Å². The number of ketones is 1. The number of benzene rings is 1. The van der Waals surface area contributed by atoms with Crippen molar-refractivity contribution in [3.63, 3.8) is 0 Å². The van der Waals surface area contributed by atoms with Gasteiger partial charge in [0.05, 0.1) is 5.52 Å². The number of carbonyl (C=O) groups excluding carboxylic acids is 1. The van der Waals surface area contributed by atoms with Crippen LogP contribution in [0.25, 0.3) is 10.9 Å². The summed E-state index contributed by atoms with van der Waals surface area (Å²) in [4.78, 5) is 15.5. The van der Waals surface area contributed by atoms with Gasteiger partial charge in [0, 0.05) is 18.0 Å². The predicted molar refractivity (Wildman–Crippen MR) is 65.5 cm³/mol. The lowest BCUT2D eigenvalue weighted by Gasteiger charge is -2.10. The summed E-state index contributed by atoms with van der Waals surface area (Å²) in [5.74, 6) is 0.468. The lowest BCUT2D eigenvalue weighted by Crippen LogP contribution is -2.00. The van der Waals surface area contributed by atoms with E-state index >= 15 is 0 Å². The summed E-state index contributed by atoms with van der Waals surface area (Å²) in [7, 11) is 0. The second kappa shape index (κ2) is 4.44. The van der Waals surface area contributed by atoms with E-state index in [1.165, 1.54) is 0 Å². The third-order valence-corrected chi connectivity index (χ3v) is 2.77. The molecule has 0 aliphatic carbocycles. The minimum atomic E-state index is 0.223. The predicted octanol–water partition coefficient (Wildman–Crippen LogP) is 3.32. The third-order valence-electron chi connectivity index (χ3n) is 2.77. The Morgan fingerprint density at radius 2 is 2.12 bits per heavy atom. The van der Waals surface area contributed by atoms with Crippen molar-refractivity contribution >= 4 is 16.7 Å². The Morgan fingerprint density at radius 3 is 2.88 bits per heavy atom. The fourth-order valence-electron chi connectivity index (χ4n) is 1.91. The van der Waals surface area contributed by atoms with Gasteiger partial charge in [0.1, 0.15) is 5.78 Å². The zero-order valence-corrected chi connectivity index (χ0v) is 9.60. The van der Waals surface area contributed by atoms with Crippen LogP contribution in [0.2, 0.25) is 0 Å². The van der Waals surface area contributed by atoms with E-state index in [2.05, 4.69) is 18.0 Å². The summed E-state index contributed by atoms with van der Waals surface area (Å²) in [5, 5.41) is 1.13. The second-order valence-electron chi connectivity index (χ2n) is 4.27. The van der Waals surface area contributed by atoms with Crippen LogP contribution in [0.15, 0.2) is 36.5 Å². The molecule has 1 aromatic carbocycles. The van der Waals surface area contributed by atoms with E-state index in [-0.39, 0.29) is 11.7 Å². The first-order valence-corrected chi connectivity index (χ1v) is 5.51. The molecule has 1 atom stereocenters. The zero-order valence-electron chi connectivity index (χ0n) is 9.60. The summed E-state index contributed by atoms with van der Waals surface area (Å²) in [6.07, 6.45) is 2.45. The van der Waals surface area contributed by atoms with Crippen LogP contribution >= 0.6 is 0 Å². The van der Waals surface area contributed by atoms with Crippen LogP contribution in [0.4, 0.5) is 0 Å². The molecule has 2 nitrogen and oxygen atoms in total. The van der Waals surface area contributed by atoms with Gasteiger partial charge in [-0.05, 0) is 30.5 Å². The van der Waals surface area contributed by atoms with Gasteiger partial charge in [-0.3, -0.25) is 4.98 Å². The van der Waals surface area contributed by atoms with Crippen molar-refractivity contribution in [3.8, 4) is 0 Å². The first kappa shape index (κ1) is 10.8. The molecule has 82 valence electrons. The van der Waals surface area contributed by atoms with Crippen molar-refractivity contribution in [2.75, 3.05) is 0 Å². The zero-order chi connectivity index (χ0) is 11.5. The van der Waals surface area contributed by atoms with Gasteiger partial charge in [-0.15, -0.1) is 0 Å². The van der Waals surface area contributed by atoms with Crippen LogP contribution in [0.3, 0.4) is 0 Å². The summed E-state index contributed by atoms with van der Waals surface area (Å²) < 4.78 is 0. The van der Waals surface area contributed by atoms with E-state index in [0.717, 1.165) is 16.5 Å². The topological polar surface area (TPSA) is 30.0 Å². The molecule has 1 unspecified atom stereocenters. The molecule has 2 rings (SSSR count). The second-order valence-corrected chi connectivity index (χ2v) is 4.27. The molecule has 0 fully saturated rings. The average molecular weight is 213 g/mol. The maximum Gasteiger partial charge on any atom is 0.130 e. The summed E-state index contributed by atoms with van der Waals surface area (Å²) in [6.45, 7) is 3.69. The summed E-state index contributed by atoms with van der Waals surface area (Å²) >= 11 is 0. The number of nitrogens with zero attached hydrogens (tertiary/aromatic N) is 1. The average Bonchev–Trinajstić information content (AvgIpc) is 2.27. The van der Waals surface area contributed by atoms with E-state index in [0.29, 0.717) is 6.42 Å². The van der Waals surface area contributed by atoms with Crippen LogP contribution < -0.4 is 0 Å². The summed E-state index contributed by atoms with van der Waals surface area (Å²) in [6, 6.07) is 10.1. The molecule has 0 aliphatic heterocycles. The van der Waals surface area contributed by atoms with Gasteiger partial charge >= 0.3 is 0 Å². The highest BCUT2D eigenvalue weighted by Crippen LogP contribution is 2.22. The number of hydrogen-bond acceptors (Lipinski definition) is 2. The maximum absolute atomic E-state index is 11.1. The van der Waals surface area contributed by atoms with Crippen molar-refractivity contribution in [2.45, 2.75) is 26.2 Å². The Balaban J connectivity index is 2.35. The number of rotatable bonds is 3. The molecular weight excluding hydrogens is 198 g/mol. The van der Waals surface area contributed by atoms with Crippen LogP contribution in [0, 0.1) is 0 Å². The molecule has 0 saturated carbocycles. The normalized spacial score (nSPS) is 12.6. The molecule has 0 spiro atoms. The van der Waals surface area contributed by atoms with Crippen LogP contribution in [-0.4, -0.2) is 10.8 Å². The molecule has 2 aromatic rings. The van der Waals surface area contributed by atoms with E-state index in [4.69, 9.17) is 0 Å². The quantitative estimate of drug-likeness (QED) is 0.782. The van der Waals surface area contributed by atoms with E-state index in [1.54, 1.807) is 6.92 Å². The van der Waals surface area contributed by atoms with Crippen LogP contribution in [0.1, 0.15) is 31.7 Å². The standard InChI is InChI=1S/C14H15NO/c1-10(7-11(2)16)13-8-12-5-3-4-6-14(12)15-9-13/h3-6,8-10H,7H2,1-2H3. The lowest BCUT2D eigenvalue weighted by atomic mass is 9.96. The number of para-hydroxylation sites is 1. The molecule has 0 amide bonds. The molecule has 0 bridgehead atoms. The molecule has 0 aliphatic rings. The SMILES string of the molecule is CC(=O)CC(C)c1cnc2ccccc2c1. The maximum atomic E-state index is 11.1. The first-order chi connectivity index (χ1) is 7.66. The van der Waals surface area contributed by atoms with Gasteiger partial charge in [-0.25, -0.2) is 0 Å². The van der Waals surface area contributed by atoms with Crippen LogP contribution in [-0.2, 0) is 4.79 Å². The Morgan fingerprint density at radius 1 is 1.38 bits per heavy atom. The van der Waals surface area contributed by atoms with E-state index < -0.39 is 0 Å². The fraction of sp³-hybridized carbons (Fsp3) is 0.286. The molecule has 16 heavy (non-hydrogen) atoms. The van der Waals surface area contributed by atoms with Crippen molar-refractivity contribution < 1.29 is 4.79 Å². The molecule has 0 radical (unpaired) electrons. The first-order valence-electron chi connectivity index (χ1n) is 5.51. The van der Waals surface area contributed by atoms with E-state index in [9.17, 15) is 4.79 Å². The highest BCUT2D eigenvalue weighted by Gasteiger charge is 2.09. The van der Waals surface area contributed by atoms with Crippen LogP contribution in [0.5, 0.6) is 0 Å². The minimum absolute atomic E-state index is 0.223. The Labute approximate surface area is 95.3 Å². The van der Waals surface area contributed by atoms with Gasteiger partial charge in [-0.2, -0.15) is 0 Å². The van der Waals surface area contributed by atoms with Gasteiger partial charge in [0.15, 0.2) is 0 Å². The molecule has 0 N–H and O–H groups in total. The Kier molecular flexibility index (Phi) is 3.00. The van der Waals surface area contributed by atoms with Gasteiger partial charge < -0.3 is 4.79 Å². The van der Waals surface area contributed by atoms with Gasteiger partial charge in [0.25, 0.3) is 0 Å². The van der Waals surface area contributed by atoms with Gasteiger partial charge in [0.2, 0.25) is 0 Å². The highest BCUT2D eigenvalue weighted by atomic mass is 16.1. The number of fused-ring (bicyclic) bond motifs is 1. The van der Waals surface area contributed by atoms with Crippen molar-refractivity contribution in [1.82, 2.24) is 4.98 Å². The number of hydrogen-bond donors (Lipinski definition) is 0. The monoisotopic (exact) mass is 213 g/mol. The highest BCUT2D eigenvalue weighted by molar-refractivity contribution is 5.79. The van der Waals surface area contributed by atoms with Crippen molar-refractivity contribution in [3.05, 3.63) is 42.1 Å². The smallest absolute Gasteiger partial charge is 0.130 e. The third kappa shape index (κ3) is 2.27. The molecule has 0 saturated heterocycles. The molecule has 1 aromatic heterocycles. The molecule has 1 heterocycles. The number of pyridine rings is 1. The fourth-order valence-corrected chi connectivity index (χ4v) is 1.91. The Hall–Kier alpha value is -1.70.